The molecule has 0 fully saturated rings. The first kappa shape index (κ1) is 20.4. The lowest BCUT2D eigenvalue weighted by Gasteiger charge is -2.09. The molecule has 1 atom stereocenters. The minimum atomic E-state index is -0.619. The number of hydrogen-bond acceptors (Lipinski definition) is 4. The fourth-order valence-corrected chi connectivity index (χ4v) is 1.96. The van der Waals surface area contributed by atoms with E-state index in [0.717, 1.165) is 22.4 Å². The molecule has 0 amide bonds. The Bertz CT molecular complexity index is 586. The van der Waals surface area contributed by atoms with E-state index in [4.69, 9.17) is 5.73 Å². The second-order valence-corrected chi connectivity index (χ2v) is 4.72. The van der Waals surface area contributed by atoms with Crippen LogP contribution in [0.25, 0.3) is 11.1 Å². The molecule has 0 spiro atoms. The Labute approximate surface area is 142 Å². The summed E-state index contributed by atoms with van der Waals surface area (Å²) in [5, 5.41) is 0. The van der Waals surface area contributed by atoms with Crippen molar-refractivity contribution in [1.29, 1.82) is 0 Å². The van der Waals surface area contributed by atoms with Gasteiger partial charge in [-0.1, -0.05) is 30.3 Å². The maximum atomic E-state index is 11.3. The van der Waals surface area contributed by atoms with Crippen molar-refractivity contribution in [3.05, 3.63) is 53.9 Å². The van der Waals surface area contributed by atoms with Crippen LogP contribution in [0.2, 0.25) is 0 Å². The molecule has 0 aliphatic rings. The Morgan fingerprint density at radius 1 is 1.14 bits per heavy atom. The molecule has 2 N–H and O–H groups in total. The van der Waals surface area contributed by atoms with E-state index in [2.05, 4.69) is 9.72 Å². The number of carbonyl (C=O) groups is 1. The highest BCUT2D eigenvalue weighted by Crippen LogP contribution is 2.19. The fourth-order valence-electron chi connectivity index (χ4n) is 1.96. The molecule has 1 aromatic heterocycles. The molecule has 1 aromatic carbocycles. The molecule has 6 heteroatoms. The summed E-state index contributed by atoms with van der Waals surface area (Å²) < 4.78 is 4.62. The van der Waals surface area contributed by atoms with Crippen LogP contribution in [0.4, 0.5) is 0 Å². The number of hydrogen-bond donors (Lipinski definition) is 1. The van der Waals surface area contributed by atoms with Gasteiger partial charge >= 0.3 is 5.97 Å². The number of aromatic nitrogens is 1. The number of pyridine rings is 1. The zero-order valence-electron chi connectivity index (χ0n) is 12.5. The maximum Gasteiger partial charge on any atom is 0.322 e. The number of aryl methyl sites for hydroxylation is 1. The van der Waals surface area contributed by atoms with Gasteiger partial charge < -0.3 is 10.5 Å². The minimum Gasteiger partial charge on any atom is -0.468 e. The minimum absolute atomic E-state index is 0. The SMILES string of the molecule is COC(=O)[C@@H](N)Cc1ccc(-c2ccc(C)nc2)cc1.Cl.Cl. The topological polar surface area (TPSA) is 65.2 Å². The molecule has 0 unspecified atom stereocenters. The maximum absolute atomic E-state index is 11.3. The van der Waals surface area contributed by atoms with E-state index in [1.165, 1.54) is 7.11 Å². The van der Waals surface area contributed by atoms with Crippen molar-refractivity contribution in [2.45, 2.75) is 19.4 Å². The highest BCUT2D eigenvalue weighted by Gasteiger charge is 2.13. The molecule has 0 radical (unpaired) electrons. The smallest absolute Gasteiger partial charge is 0.322 e. The van der Waals surface area contributed by atoms with E-state index < -0.39 is 12.0 Å². The van der Waals surface area contributed by atoms with Gasteiger partial charge in [-0.3, -0.25) is 9.78 Å². The normalized spacial score (nSPS) is 10.9. The number of esters is 1. The van der Waals surface area contributed by atoms with Gasteiger partial charge in [-0.2, -0.15) is 0 Å². The Morgan fingerprint density at radius 2 is 1.73 bits per heavy atom. The van der Waals surface area contributed by atoms with E-state index >= 15 is 0 Å². The number of nitrogens with zero attached hydrogens (tertiary/aromatic N) is 1. The van der Waals surface area contributed by atoms with E-state index in [-0.39, 0.29) is 24.8 Å². The molecule has 0 saturated heterocycles. The van der Waals surface area contributed by atoms with Crippen molar-refractivity contribution in [3.63, 3.8) is 0 Å². The van der Waals surface area contributed by atoms with Crippen LogP contribution in [0.5, 0.6) is 0 Å². The van der Waals surface area contributed by atoms with Gasteiger partial charge in [-0.25, -0.2) is 0 Å². The number of ether oxygens (including phenoxy) is 1. The average molecular weight is 343 g/mol. The van der Waals surface area contributed by atoms with Gasteiger partial charge in [-0.05, 0) is 30.5 Å². The van der Waals surface area contributed by atoms with Crippen molar-refractivity contribution in [3.8, 4) is 11.1 Å². The van der Waals surface area contributed by atoms with Crippen LogP contribution < -0.4 is 5.73 Å². The molecule has 0 bridgehead atoms. The number of methoxy groups -OCH3 is 1. The summed E-state index contributed by atoms with van der Waals surface area (Å²) in [6, 6.07) is 11.4. The molecular weight excluding hydrogens is 323 g/mol. The van der Waals surface area contributed by atoms with Crippen molar-refractivity contribution >= 4 is 30.8 Å². The molecular formula is C16H20Cl2N2O2. The Hall–Kier alpha value is -1.62. The van der Waals surface area contributed by atoms with Crippen LogP contribution >= 0.6 is 24.8 Å². The third-order valence-corrected chi connectivity index (χ3v) is 3.16. The number of rotatable bonds is 4. The summed E-state index contributed by atoms with van der Waals surface area (Å²) in [6.07, 6.45) is 2.32. The lowest BCUT2D eigenvalue weighted by Crippen LogP contribution is -2.33. The average Bonchev–Trinajstić information content (AvgIpc) is 2.48. The van der Waals surface area contributed by atoms with E-state index in [9.17, 15) is 4.79 Å². The summed E-state index contributed by atoms with van der Waals surface area (Å²) in [7, 11) is 1.34. The summed E-state index contributed by atoms with van der Waals surface area (Å²) in [5.41, 5.74) is 9.90. The molecule has 120 valence electrons. The van der Waals surface area contributed by atoms with Gasteiger partial charge in [0.1, 0.15) is 6.04 Å². The van der Waals surface area contributed by atoms with Crippen LogP contribution in [0, 0.1) is 6.92 Å². The monoisotopic (exact) mass is 342 g/mol. The largest absolute Gasteiger partial charge is 0.468 e. The van der Waals surface area contributed by atoms with Gasteiger partial charge in [0.15, 0.2) is 0 Å². The Morgan fingerprint density at radius 3 is 2.23 bits per heavy atom. The molecule has 1 heterocycles. The second-order valence-electron chi connectivity index (χ2n) is 4.72. The zero-order valence-corrected chi connectivity index (χ0v) is 14.1. The van der Waals surface area contributed by atoms with Crippen molar-refractivity contribution in [1.82, 2.24) is 4.98 Å². The van der Waals surface area contributed by atoms with E-state index in [0.29, 0.717) is 6.42 Å². The standard InChI is InChI=1S/C16H18N2O2.2ClH/c1-11-3-6-14(10-18-11)13-7-4-12(5-8-13)9-15(17)16(19)20-2;;/h3-8,10,15H,9,17H2,1-2H3;2*1H/t15-;;/m0../s1. The predicted molar refractivity (Wildman–Crippen MR) is 92.6 cm³/mol. The fraction of sp³-hybridized carbons (Fsp3) is 0.250. The van der Waals surface area contributed by atoms with Crippen LogP contribution in [0.1, 0.15) is 11.3 Å². The molecule has 2 aromatic rings. The number of benzene rings is 1. The number of halogens is 2. The summed E-state index contributed by atoms with van der Waals surface area (Å²) >= 11 is 0. The molecule has 0 aliphatic carbocycles. The zero-order chi connectivity index (χ0) is 14.5. The van der Waals surface area contributed by atoms with Gasteiger partial charge in [0.2, 0.25) is 0 Å². The molecule has 22 heavy (non-hydrogen) atoms. The van der Waals surface area contributed by atoms with E-state index in [1.807, 2.05) is 49.5 Å². The van der Waals surface area contributed by atoms with Crippen LogP contribution in [0.15, 0.2) is 42.6 Å². The quantitative estimate of drug-likeness (QED) is 0.867. The first-order valence-electron chi connectivity index (χ1n) is 6.45. The molecule has 2 rings (SSSR count). The highest BCUT2D eigenvalue weighted by atomic mass is 35.5. The summed E-state index contributed by atoms with van der Waals surface area (Å²) in [5.74, 6) is -0.392. The van der Waals surface area contributed by atoms with Gasteiger partial charge in [-0.15, -0.1) is 24.8 Å². The summed E-state index contributed by atoms with van der Waals surface area (Å²) in [4.78, 5) is 15.6. The van der Waals surface area contributed by atoms with Gasteiger partial charge in [0.25, 0.3) is 0 Å². The lowest BCUT2D eigenvalue weighted by molar-refractivity contribution is -0.142. The third kappa shape index (κ3) is 5.30. The first-order chi connectivity index (χ1) is 9.60. The molecule has 0 saturated carbocycles. The van der Waals surface area contributed by atoms with Crippen molar-refractivity contribution in [2.75, 3.05) is 7.11 Å². The van der Waals surface area contributed by atoms with E-state index in [1.54, 1.807) is 0 Å². The molecule has 4 nitrogen and oxygen atoms in total. The Balaban J connectivity index is 0.00000220. The summed E-state index contributed by atoms with van der Waals surface area (Å²) in [6.45, 7) is 1.96. The van der Waals surface area contributed by atoms with Crippen LogP contribution in [-0.4, -0.2) is 24.1 Å². The van der Waals surface area contributed by atoms with Crippen molar-refractivity contribution in [2.24, 2.45) is 5.73 Å². The first-order valence-corrected chi connectivity index (χ1v) is 6.45. The van der Waals surface area contributed by atoms with Gasteiger partial charge in [0, 0.05) is 17.5 Å². The lowest BCUT2D eigenvalue weighted by atomic mass is 10.0. The highest BCUT2D eigenvalue weighted by molar-refractivity contribution is 5.85. The number of nitrogens with two attached hydrogens (primary N) is 1. The van der Waals surface area contributed by atoms with Crippen molar-refractivity contribution < 1.29 is 9.53 Å². The molecule has 0 aliphatic heterocycles. The third-order valence-electron chi connectivity index (χ3n) is 3.16. The van der Waals surface area contributed by atoms with Crippen LogP contribution in [-0.2, 0) is 16.0 Å². The predicted octanol–water partition coefficient (Wildman–Crippen LogP) is 2.94. The Kier molecular flexibility index (Phi) is 8.72. The van der Waals surface area contributed by atoms with Crippen LogP contribution in [0.3, 0.4) is 0 Å². The number of carbonyl (C=O) groups excluding carboxylic acids is 1. The van der Waals surface area contributed by atoms with Gasteiger partial charge in [0.05, 0.1) is 7.11 Å². The second kappa shape index (κ2) is 9.41.